The maximum Gasteiger partial charge on any atom is 0.125 e. The molecule has 3 nitrogen and oxygen atoms in total. The number of rotatable bonds is 4. The fraction of sp³-hybridized carbons (Fsp3) is 0.438. The Hall–Kier alpha value is -1.68. The smallest absolute Gasteiger partial charge is 0.125 e. The van der Waals surface area contributed by atoms with Crippen LogP contribution in [0.1, 0.15) is 43.5 Å². The Morgan fingerprint density at radius 1 is 1.45 bits per heavy atom. The number of nitrogens with one attached hydrogen (secondary N) is 1. The Morgan fingerprint density at radius 3 is 3.15 bits per heavy atom. The van der Waals surface area contributed by atoms with Crippen molar-refractivity contribution in [2.45, 2.75) is 38.6 Å². The molecule has 0 spiro atoms. The van der Waals surface area contributed by atoms with E-state index in [-0.39, 0.29) is 5.82 Å². The van der Waals surface area contributed by atoms with E-state index in [0.717, 1.165) is 37.9 Å². The Morgan fingerprint density at radius 2 is 2.35 bits per heavy atom. The molecule has 0 bridgehead atoms. The molecule has 0 saturated carbocycles. The van der Waals surface area contributed by atoms with Gasteiger partial charge in [-0.05, 0) is 50.4 Å². The fourth-order valence-corrected chi connectivity index (χ4v) is 2.92. The summed E-state index contributed by atoms with van der Waals surface area (Å²) in [5.41, 5.74) is 3.30. The van der Waals surface area contributed by atoms with Gasteiger partial charge in [0.05, 0.1) is 11.9 Å². The average molecular weight is 273 g/mol. The SMILES string of the molecule is CCCNC1CCCc2c1cnn2-c1cccc(F)c1. The molecule has 3 rings (SSSR count). The number of hydrogen-bond acceptors (Lipinski definition) is 2. The quantitative estimate of drug-likeness (QED) is 0.925. The van der Waals surface area contributed by atoms with Crippen LogP contribution in [0.15, 0.2) is 30.5 Å². The highest BCUT2D eigenvalue weighted by Gasteiger charge is 2.24. The number of aromatic nitrogens is 2. The molecule has 2 aromatic rings. The van der Waals surface area contributed by atoms with Crippen molar-refractivity contribution in [1.29, 1.82) is 0 Å². The molecule has 1 aromatic heterocycles. The summed E-state index contributed by atoms with van der Waals surface area (Å²) in [6, 6.07) is 7.02. The zero-order valence-electron chi connectivity index (χ0n) is 11.8. The predicted molar refractivity (Wildman–Crippen MR) is 77.5 cm³/mol. The molecule has 1 N–H and O–H groups in total. The van der Waals surface area contributed by atoms with Gasteiger partial charge in [-0.15, -0.1) is 0 Å². The van der Waals surface area contributed by atoms with E-state index in [9.17, 15) is 4.39 Å². The summed E-state index contributed by atoms with van der Waals surface area (Å²) in [6.07, 6.45) is 6.38. The van der Waals surface area contributed by atoms with Crippen LogP contribution in [0, 0.1) is 5.82 Å². The molecule has 0 amide bonds. The zero-order valence-corrected chi connectivity index (χ0v) is 11.8. The summed E-state index contributed by atoms with van der Waals surface area (Å²) >= 11 is 0. The second kappa shape index (κ2) is 5.75. The Kier molecular flexibility index (Phi) is 3.83. The van der Waals surface area contributed by atoms with Crippen LogP contribution in [0.4, 0.5) is 4.39 Å². The van der Waals surface area contributed by atoms with Gasteiger partial charge in [0, 0.05) is 17.3 Å². The number of benzene rings is 1. The number of fused-ring (bicyclic) bond motifs is 1. The highest BCUT2D eigenvalue weighted by Crippen LogP contribution is 2.31. The van der Waals surface area contributed by atoms with Crippen LogP contribution >= 0.6 is 0 Å². The molecule has 0 aliphatic heterocycles. The predicted octanol–water partition coefficient (Wildman–Crippen LogP) is 3.39. The van der Waals surface area contributed by atoms with Gasteiger partial charge < -0.3 is 5.32 Å². The normalized spacial score (nSPS) is 18.0. The fourth-order valence-electron chi connectivity index (χ4n) is 2.92. The first kappa shape index (κ1) is 13.3. The highest BCUT2D eigenvalue weighted by atomic mass is 19.1. The van der Waals surface area contributed by atoms with E-state index in [0.29, 0.717) is 6.04 Å². The van der Waals surface area contributed by atoms with Crippen molar-refractivity contribution in [3.05, 3.63) is 47.5 Å². The minimum Gasteiger partial charge on any atom is -0.310 e. The first-order valence-electron chi connectivity index (χ1n) is 7.35. The summed E-state index contributed by atoms with van der Waals surface area (Å²) in [7, 11) is 0. The maximum atomic E-state index is 13.4. The highest BCUT2D eigenvalue weighted by molar-refractivity contribution is 5.37. The molecular formula is C16H20FN3. The lowest BCUT2D eigenvalue weighted by Crippen LogP contribution is -2.25. The monoisotopic (exact) mass is 273 g/mol. The molecule has 0 saturated heterocycles. The van der Waals surface area contributed by atoms with Crippen LogP contribution in [0.2, 0.25) is 0 Å². The Balaban J connectivity index is 1.94. The van der Waals surface area contributed by atoms with Gasteiger partial charge >= 0.3 is 0 Å². The van der Waals surface area contributed by atoms with Crippen molar-refractivity contribution in [2.75, 3.05) is 6.54 Å². The Labute approximate surface area is 118 Å². The van der Waals surface area contributed by atoms with Gasteiger partial charge in [-0.25, -0.2) is 9.07 Å². The maximum absolute atomic E-state index is 13.4. The molecule has 1 unspecified atom stereocenters. The van der Waals surface area contributed by atoms with Gasteiger partial charge in [-0.3, -0.25) is 0 Å². The molecule has 4 heteroatoms. The van der Waals surface area contributed by atoms with Crippen LogP contribution in [-0.4, -0.2) is 16.3 Å². The summed E-state index contributed by atoms with van der Waals surface area (Å²) in [4.78, 5) is 0. The molecule has 1 heterocycles. The third-order valence-electron chi connectivity index (χ3n) is 3.88. The first-order chi connectivity index (χ1) is 9.79. The summed E-state index contributed by atoms with van der Waals surface area (Å²) in [5, 5.41) is 8.05. The van der Waals surface area contributed by atoms with E-state index in [4.69, 9.17) is 0 Å². The minimum absolute atomic E-state index is 0.219. The molecule has 20 heavy (non-hydrogen) atoms. The van der Waals surface area contributed by atoms with Gasteiger partial charge in [0.1, 0.15) is 5.82 Å². The van der Waals surface area contributed by atoms with E-state index in [1.165, 1.54) is 23.4 Å². The third-order valence-corrected chi connectivity index (χ3v) is 3.88. The van der Waals surface area contributed by atoms with Crippen molar-refractivity contribution >= 4 is 0 Å². The summed E-state index contributed by atoms with van der Waals surface area (Å²) in [5.74, 6) is -0.219. The number of nitrogens with zero attached hydrogens (tertiary/aromatic N) is 2. The lowest BCUT2D eigenvalue weighted by molar-refractivity contribution is 0.456. The molecule has 1 aliphatic carbocycles. The largest absolute Gasteiger partial charge is 0.310 e. The van der Waals surface area contributed by atoms with Crippen LogP contribution in [0.25, 0.3) is 5.69 Å². The summed E-state index contributed by atoms with van der Waals surface area (Å²) in [6.45, 7) is 3.20. The van der Waals surface area contributed by atoms with Crippen LogP contribution in [-0.2, 0) is 6.42 Å². The number of halogens is 1. The van der Waals surface area contributed by atoms with E-state index in [1.807, 2.05) is 16.9 Å². The van der Waals surface area contributed by atoms with Crippen LogP contribution in [0.3, 0.4) is 0 Å². The minimum atomic E-state index is -0.219. The number of hydrogen-bond donors (Lipinski definition) is 1. The van der Waals surface area contributed by atoms with Gasteiger partial charge in [0.25, 0.3) is 0 Å². The van der Waals surface area contributed by atoms with Gasteiger partial charge in [0.15, 0.2) is 0 Å². The molecule has 1 aromatic carbocycles. The second-order valence-electron chi connectivity index (χ2n) is 5.34. The molecule has 0 radical (unpaired) electrons. The molecule has 1 atom stereocenters. The van der Waals surface area contributed by atoms with E-state index in [2.05, 4.69) is 17.3 Å². The Bertz CT molecular complexity index is 591. The first-order valence-corrected chi connectivity index (χ1v) is 7.35. The lowest BCUT2D eigenvalue weighted by atomic mass is 9.93. The van der Waals surface area contributed by atoms with Gasteiger partial charge in [0.2, 0.25) is 0 Å². The molecular weight excluding hydrogens is 253 g/mol. The van der Waals surface area contributed by atoms with Gasteiger partial charge in [-0.2, -0.15) is 5.10 Å². The molecule has 1 aliphatic rings. The van der Waals surface area contributed by atoms with Crippen molar-refractivity contribution in [1.82, 2.24) is 15.1 Å². The third kappa shape index (κ3) is 2.48. The van der Waals surface area contributed by atoms with Gasteiger partial charge in [-0.1, -0.05) is 13.0 Å². The second-order valence-corrected chi connectivity index (χ2v) is 5.34. The summed E-state index contributed by atoms with van der Waals surface area (Å²) < 4.78 is 15.3. The standard InChI is InChI=1S/C16H20FN3/c1-2-9-18-15-7-4-8-16-14(15)11-19-20(16)13-6-3-5-12(17)10-13/h3,5-6,10-11,15,18H,2,4,7-9H2,1H3. The van der Waals surface area contributed by atoms with Crippen LogP contribution in [0.5, 0.6) is 0 Å². The van der Waals surface area contributed by atoms with E-state index < -0.39 is 0 Å². The average Bonchev–Trinajstić information content (AvgIpc) is 2.89. The topological polar surface area (TPSA) is 29.9 Å². The van der Waals surface area contributed by atoms with Crippen molar-refractivity contribution < 1.29 is 4.39 Å². The zero-order chi connectivity index (χ0) is 13.9. The van der Waals surface area contributed by atoms with Crippen LogP contribution < -0.4 is 5.32 Å². The van der Waals surface area contributed by atoms with Crippen molar-refractivity contribution in [3.63, 3.8) is 0 Å². The van der Waals surface area contributed by atoms with E-state index >= 15 is 0 Å². The molecule has 106 valence electrons. The lowest BCUT2D eigenvalue weighted by Gasteiger charge is -2.24. The van der Waals surface area contributed by atoms with Crippen molar-refractivity contribution in [2.24, 2.45) is 0 Å². The molecule has 0 fully saturated rings. The van der Waals surface area contributed by atoms with Crippen molar-refractivity contribution in [3.8, 4) is 5.69 Å². The van der Waals surface area contributed by atoms with E-state index in [1.54, 1.807) is 6.07 Å².